The van der Waals surface area contributed by atoms with Crippen LogP contribution in [0.5, 0.6) is 0 Å². The zero-order valence-electron chi connectivity index (χ0n) is 24.9. The van der Waals surface area contributed by atoms with Gasteiger partial charge in [0.15, 0.2) is 9.84 Å². The van der Waals surface area contributed by atoms with E-state index in [0.717, 1.165) is 12.3 Å². The first-order valence-corrected chi connectivity index (χ1v) is 16.2. The molecule has 0 saturated heterocycles. The normalized spacial score (nSPS) is 17.0. The minimum absolute atomic E-state index is 0.00494. The Kier molecular flexibility index (Phi) is 7.21. The topological polar surface area (TPSA) is 95.6 Å². The van der Waals surface area contributed by atoms with E-state index in [2.05, 4.69) is 20.3 Å². The lowest BCUT2D eigenvalue weighted by Crippen LogP contribution is -2.31. The summed E-state index contributed by atoms with van der Waals surface area (Å²) in [5, 5.41) is 8.23. The number of fused-ring (bicyclic) bond motifs is 3. The Bertz CT molecular complexity index is 2030. The standard InChI is InChI=1S/C28H29B3F4N6O2S/c1-40-25(26(38-39-40)28(29,30)31)15-10-20-23(37-13-15)21-18(33)11-16(44(2,42)43)12-19(21)41(20)24(22-17(32)4-3-9-36-22)14-5-7-27(34,35)8-6-14/h3-4,9-14,24H,5-8,29-31H2,1-2H3. The van der Waals surface area contributed by atoms with Crippen molar-refractivity contribution in [2.24, 2.45) is 13.0 Å². The van der Waals surface area contributed by atoms with E-state index >= 15 is 8.78 Å². The van der Waals surface area contributed by atoms with Crippen LogP contribution in [0.15, 0.2) is 47.6 Å². The van der Waals surface area contributed by atoms with Gasteiger partial charge in [0.2, 0.25) is 5.92 Å². The molecule has 0 aliphatic heterocycles. The van der Waals surface area contributed by atoms with Crippen molar-refractivity contribution in [2.45, 2.75) is 47.7 Å². The van der Waals surface area contributed by atoms with Gasteiger partial charge in [0.25, 0.3) is 0 Å². The quantitative estimate of drug-likeness (QED) is 0.214. The average molecular weight is 622 g/mol. The highest BCUT2D eigenvalue weighted by atomic mass is 32.2. The van der Waals surface area contributed by atoms with Crippen LogP contribution in [-0.2, 0) is 22.0 Å². The SMILES string of the molecule is BC(B)(B)c1nnn(C)c1-c1cnc2c3c(F)cc(S(C)(=O)=O)cc3n(C(c3ncccc3F)C3CCC(F)(F)CC3)c2c1. The molecule has 1 saturated carbocycles. The minimum atomic E-state index is -3.86. The van der Waals surface area contributed by atoms with Crippen molar-refractivity contribution < 1.29 is 26.0 Å². The average Bonchev–Trinajstić information content (AvgIpc) is 3.48. The second kappa shape index (κ2) is 10.5. The highest BCUT2D eigenvalue weighted by molar-refractivity contribution is 7.90. The summed E-state index contributed by atoms with van der Waals surface area (Å²) in [6.45, 7) is 0. The second-order valence-electron chi connectivity index (χ2n) is 12.7. The molecule has 1 fully saturated rings. The van der Waals surface area contributed by atoms with Crippen LogP contribution in [0.2, 0.25) is 0 Å². The number of aryl methyl sites for hydroxylation is 1. The third-order valence-corrected chi connectivity index (χ3v) is 9.55. The second-order valence-corrected chi connectivity index (χ2v) is 14.7. The van der Waals surface area contributed by atoms with Gasteiger partial charge in [-0.25, -0.2) is 30.7 Å². The number of sulfone groups is 1. The van der Waals surface area contributed by atoms with Gasteiger partial charge >= 0.3 is 0 Å². The number of hydrogen-bond acceptors (Lipinski definition) is 6. The highest BCUT2D eigenvalue weighted by Crippen LogP contribution is 2.46. The Hall–Kier alpha value is -3.68. The molecular formula is C28H29B3F4N6O2S. The van der Waals surface area contributed by atoms with E-state index < -0.39 is 57.3 Å². The van der Waals surface area contributed by atoms with Crippen LogP contribution in [0.25, 0.3) is 33.2 Å². The summed E-state index contributed by atoms with van der Waals surface area (Å²) >= 11 is 0. The predicted molar refractivity (Wildman–Crippen MR) is 167 cm³/mol. The molecule has 0 radical (unpaired) electrons. The third-order valence-electron chi connectivity index (χ3n) is 8.46. The number of aromatic nitrogens is 6. The first kappa shape index (κ1) is 30.4. The van der Waals surface area contributed by atoms with Gasteiger partial charge in [0.05, 0.1) is 73.5 Å². The summed E-state index contributed by atoms with van der Waals surface area (Å²) in [6, 6.07) is 5.75. The summed E-state index contributed by atoms with van der Waals surface area (Å²) in [6.07, 6.45) is 3.26. The van der Waals surface area contributed by atoms with Gasteiger partial charge in [-0.2, -0.15) is 0 Å². The number of hydrogen-bond donors (Lipinski definition) is 0. The van der Waals surface area contributed by atoms with Crippen LogP contribution < -0.4 is 0 Å². The lowest BCUT2D eigenvalue weighted by atomic mass is 9.41. The molecule has 1 aliphatic carbocycles. The van der Waals surface area contributed by atoms with Crippen molar-refractivity contribution in [3.63, 3.8) is 0 Å². The molecular weight excluding hydrogens is 593 g/mol. The molecule has 1 aliphatic rings. The summed E-state index contributed by atoms with van der Waals surface area (Å²) in [4.78, 5) is 8.73. The first-order valence-electron chi connectivity index (χ1n) is 14.3. The molecule has 5 aromatic rings. The van der Waals surface area contributed by atoms with Crippen molar-refractivity contribution in [1.29, 1.82) is 0 Å². The van der Waals surface area contributed by atoms with Crippen LogP contribution >= 0.6 is 0 Å². The molecule has 1 aromatic carbocycles. The van der Waals surface area contributed by atoms with Gasteiger partial charge in [-0.1, -0.05) is 10.3 Å². The Balaban J connectivity index is 1.73. The van der Waals surface area contributed by atoms with Crippen molar-refractivity contribution in [3.8, 4) is 11.3 Å². The zero-order chi connectivity index (χ0) is 31.8. The number of rotatable bonds is 6. The van der Waals surface area contributed by atoms with Crippen LogP contribution in [0.4, 0.5) is 17.6 Å². The maximum atomic E-state index is 15.9. The van der Waals surface area contributed by atoms with E-state index in [1.165, 1.54) is 24.4 Å². The molecule has 44 heavy (non-hydrogen) atoms. The molecule has 0 spiro atoms. The lowest BCUT2D eigenvalue weighted by molar-refractivity contribution is -0.0495. The Morgan fingerprint density at radius 2 is 1.75 bits per heavy atom. The molecule has 0 bridgehead atoms. The number of halogens is 4. The highest BCUT2D eigenvalue weighted by Gasteiger charge is 2.41. The fourth-order valence-electron chi connectivity index (χ4n) is 6.33. The molecule has 0 amide bonds. The maximum Gasteiger partial charge on any atom is 0.248 e. The number of nitrogens with zero attached hydrogens (tertiary/aromatic N) is 6. The largest absolute Gasteiger partial charge is 0.329 e. The molecule has 6 rings (SSSR count). The van der Waals surface area contributed by atoms with E-state index in [9.17, 15) is 17.2 Å². The molecule has 226 valence electrons. The van der Waals surface area contributed by atoms with E-state index in [1.54, 1.807) is 28.6 Å². The van der Waals surface area contributed by atoms with Gasteiger partial charge < -0.3 is 4.57 Å². The summed E-state index contributed by atoms with van der Waals surface area (Å²) < 4.78 is 88.8. The van der Waals surface area contributed by atoms with Gasteiger partial charge in [0, 0.05) is 44.1 Å². The summed E-state index contributed by atoms with van der Waals surface area (Å²) in [7, 11) is 3.85. The molecule has 0 N–H and O–H groups in total. The van der Waals surface area contributed by atoms with Crippen molar-refractivity contribution in [3.05, 3.63) is 65.7 Å². The molecule has 16 heteroatoms. The number of alkyl halides is 2. The van der Waals surface area contributed by atoms with Gasteiger partial charge in [-0.05, 0) is 49.1 Å². The van der Waals surface area contributed by atoms with Crippen molar-refractivity contribution in [2.75, 3.05) is 6.26 Å². The smallest absolute Gasteiger partial charge is 0.248 e. The van der Waals surface area contributed by atoms with Crippen molar-refractivity contribution >= 4 is 55.3 Å². The number of benzene rings is 1. The third kappa shape index (κ3) is 5.20. The van der Waals surface area contributed by atoms with Gasteiger partial charge in [-0.3, -0.25) is 9.97 Å². The maximum absolute atomic E-state index is 15.9. The molecule has 4 aromatic heterocycles. The van der Waals surface area contributed by atoms with E-state index in [0.29, 0.717) is 22.5 Å². The molecule has 1 unspecified atom stereocenters. The Labute approximate surface area is 254 Å². The Morgan fingerprint density at radius 3 is 2.39 bits per heavy atom. The van der Waals surface area contributed by atoms with Crippen LogP contribution in [0, 0.1) is 17.6 Å². The summed E-state index contributed by atoms with van der Waals surface area (Å²) in [5.41, 5.74) is 2.69. The zero-order valence-corrected chi connectivity index (χ0v) is 25.8. The molecule has 4 heterocycles. The van der Waals surface area contributed by atoms with Crippen LogP contribution in [0.1, 0.15) is 43.1 Å². The van der Waals surface area contributed by atoms with E-state index in [1.807, 2.05) is 23.5 Å². The van der Waals surface area contributed by atoms with Crippen LogP contribution in [0.3, 0.4) is 0 Å². The fourth-order valence-corrected chi connectivity index (χ4v) is 6.97. The van der Waals surface area contributed by atoms with Crippen molar-refractivity contribution in [1.82, 2.24) is 29.5 Å². The molecule has 1 atom stereocenters. The van der Waals surface area contributed by atoms with E-state index in [4.69, 9.17) is 0 Å². The fraction of sp³-hybridized carbons (Fsp3) is 0.357. The first-order chi connectivity index (χ1) is 20.6. The lowest BCUT2D eigenvalue weighted by Gasteiger charge is -2.35. The predicted octanol–water partition coefficient (Wildman–Crippen LogP) is 2.49. The minimum Gasteiger partial charge on any atom is -0.329 e. The molecule has 8 nitrogen and oxygen atoms in total. The summed E-state index contributed by atoms with van der Waals surface area (Å²) in [5.74, 6) is -4.85. The van der Waals surface area contributed by atoms with Gasteiger partial charge in [-0.15, -0.1) is 5.10 Å². The number of pyridine rings is 2. The van der Waals surface area contributed by atoms with Crippen LogP contribution in [-0.4, -0.2) is 73.7 Å². The Morgan fingerprint density at radius 1 is 1.05 bits per heavy atom. The van der Waals surface area contributed by atoms with E-state index in [-0.39, 0.29) is 39.9 Å². The monoisotopic (exact) mass is 622 g/mol. The van der Waals surface area contributed by atoms with Gasteiger partial charge in [0.1, 0.15) is 11.6 Å².